The van der Waals surface area contributed by atoms with E-state index in [4.69, 9.17) is 4.74 Å². The first-order valence-electron chi connectivity index (χ1n) is 10.6. The third-order valence-electron chi connectivity index (χ3n) is 6.03. The van der Waals surface area contributed by atoms with Gasteiger partial charge in [-0.3, -0.25) is 14.4 Å². The number of carbonyl (C=O) groups is 2. The molecular weight excluding hydrogens is 432 g/mol. The minimum Gasteiger partial charge on any atom is -0.381 e. The van der Waals surface area contributed by atoms with Crippen LogP contribution in [0, 0.1) is 19.3 Å². The Hall–Kier alpha value is -2.92. The summed E-state index contributed by atoms with van der Waals surface area (Å²) >= 11 is 1.23. The second-order valence-electron chi connectivity index (χ2n) is 8.36. The lowest BCUT2D eigenvalue weighted by Crippen LogP contribution is -2.42. The van der Waals surface area contributed by atoms with Crippen LogP contribution < -0.4 is 10.9 Å². The summed E-state index contributed by atoms with van der Waals surface area (Å²) in [4.78, 5) is 46.1. The fraction of sp³-hybridized carbons (Fsp3) is 0.524. The van der Waals surface area contributed by atoms with Crippen molar-refractivity contribution in [3.8, 4) is 0 Å². The molecule has 4 rings (SSSR count). The smallest absolute Gasteiger partial charge is 0.282 e. The van der Waals surface area contributed by atoms with E-state index in [1.807, 2.05) is 0 Å². The Balaban J connectivity index is 1.48. The molecule has 2 aliphatic rings. The van der Waals surface area contributed by atoms with E-state index in [0.717, 1.165) is 24.3 Å². The molecule has 2 aliphatic heterocycles. The largest absolute Gasteiger partial charge is 0.381 e. The average Bonchev–Trinajstić information content (AvgIpc) is 3.36. The summed E-state index contributed by atoms with van der Waals surface area (Å²) in [5, 5.41) is 11.7. The van der Waals surface area contributed by atoms with Crippen molar-refractivity contribution in [2.75, 3.05) is 26.3 Å². The summed E-state index contributed by atoms with van der Waals surface area (Å²) < 4.78 is 5.53. The number of ether oxygens (including phenoxy) is 1. The fourth-order valence-electron chi connectivity index (χ4n) is 4.32. The molecule has 2 N–H and O–H groups in total. The number of aromatic nitrogens is 4. The second-order valence-corrected chi connectivity index (χ2v) is 9.54. The van der Waals surface area contributed by atoms with Gasteiger partial charge in [-0.1, -0.05) is 11.3 Å². The van der Waals surface area contributed by atoms with Gasteiger partial charge >= 0.3 is 0 Å². The first kappa shape index (κ1) is 22.3. The van der Waals surface area contributed by atoms with Crippen molar-refractivity contribution in [3.63, 3.8) is 0 Å². The van der Waals surface area contributed by atoms with Crippen molar-refractivity contribution < 1.29 is 14.3 Å². The average molecular weight is 459 g/mol. The van der Waals surface area contributed by atoms with Crippen LogP contribution in [0.15, 0.2) is 17.1 Å². The fourth-order valence-corrected chi connectivity index (χ4v) is 4.92. The molecule has 2 aromatic rings. The minimum atomic E-state index is -0.292. The van der Waals surface area contributed by atoms with E-state index in [9.17, 15) is 14.4 Å². The molecule has 2 fully saturated rings. The molecule has 11 heteroatoms. The standard InChI is InChI=1S/C21H26N6O4S/c1-13-22-10-15(18(29)24-13)3-4-17(28)27-12-21(5-7-31-8-6-21)9-16(27)11-23-19(30)20-26-25-14(2)32-20/h3-4,10,16H,5-9,11-12H2,1-2H3,(H,23,30)(H,22,24,29)/b4-3+. The highest BCUT2D eigenvalue weighted by molar-refractivity contribution is 7.13. The van der Waals surface area contributed by atoms with Crippen LogP contribution in [0.3, 0.4) is 0 Å². The number of H-pyrrole nitrogens is 1. The quantitative estimate of drug-likeness (QED) is 0.641. The molecule has 1 atom stereocenters. The molecular formula is C21H26N6O4S. The lowest BCUT2D eigenvalue weighted by molar-refractivity contribution is -0.127. The molecule has 4 heterocycles. The topological polar surface area (TPSA) is 130 Å². The van der Waals surface area contributed by atoms with Gasteiger partial charge in [-0.05, 0) is 44.6 Å². The van der Waals surface area contributed by atoms with Gasteiger partial charge in [-0.2, -0.15) is 0 Å². The molecule has 2 saturated heterocycles. The van der Waals surface area contributed by atoms with Crippen LogP contribution >= 0.6 is 11.3 Å². The second kappa shape index (κ2) is 9.29. The van der Waals surface area contributed by atoms with Crippen molar-refractivity contribution in [3.05, 3.63) is 44.0 Å². The number of aromatic amines is 1. The Kier molecular flexibility index (Phi) is 6.47. The summed E-state index contributed by atoms with van der Waals surface area (Å²) in [7, 11) is 0. The van der Waals surface area contributed by atoms with Crippen LogP contribution in [0.25, 0.3) is 6.08 Å². The monoisotopic (exact) mass is 458 g/mol. The molecule has 0 radical (unpaired) electrons. The van der Waals surface area contributed by atoms with Crippen LogP contribution in [0.4, 0.5) is 0 Å². The number of carbonyl (C=O) groups excluding carboxylic acids is 2. The van der Waals surface area contributed by atoms with Crippen molar-refractivity contribution in [1.82, 2.24) is 30.4 Å². The normalized spacial score (nSPS) is 20.2. The highest BCUT2D eigenvalue weighted by Crippen LogP contribution is 2.42. The van der Waals surface area contributed by atoms with Gasteiger partial charge in [0.25, 0.3) is 11.5 Å². The SMILES string of the molecule is Cc1ncc(/C=C/C(=O)N2CC3(CCOCC3)CC2CNC(=O)c2nnc(C)s2)c(=O)[nH]1. The zero-order chi connectivity index (χ0) is 22.7. The van der Waals surface area contributed by atoms with Crippen LogP contribution in [-0.2, 0) is 9.53 Å². The highest BCUT2D eigenvalue weighted by Gasteiger charge is 2.46. The number of aryl methyl sites for hydroxylation is 2. The van der Waals surface area contributed by atoms with Gasteiger partial charge in [0.15, 0.2) is 0 Å². The summed E-state index contributed by atoms with van der Waals surface area (Å²) in [5.41, 5.74) is 0.0137. The number of nitrogens with zero attached hydrogens (tertiary/aromatic N) is 4. The van der Waals surface area contributed by atoms with Gasteiger partial charge in [0.1, 0.15) is 10.8 Å². The van der Waals surface area contributed by atoms with E-state index < -0.39 is 0 Å². The van der Waals surface area contributed by atoms with E-state index in [1.165, 1.54) is 29.7 Å². The van der Waals surface area contributed by atoms with Crippen molar-refractivity contribution in [2.24, 2.45) is 5.41 Å². The maximum atomic E-state index is 13.1. The number of hydrogen-bond donors (Lipinski definition) is 2. The van der Waals surface area contributed by atoms with Gasteiger partial charge in [-0.25, -0.2) is 4.98 Å². The van der Waals surface area contributed by atoms with Crippen LogP contribution in [0.5, 0.6) is 0 Å². The van der Waals surface area contributed by atoms with Crippen molar-refractivity contribution >= 4 is 29.2 Å². The minimum absolute atomic E-state index is 0.0145. The van der Waals surface area contributed by atoms with E-state index in [1.54, 1.807) is 18.7 Å². The molecule has 0 saturated carbocycles. The third kappa shape index (κ3) is 4.94. The van der Waals surface area contributed by atoms with Crippen LogP contribution in [0.2, 0.25) is 0 Å². The molecule has 2 aromatic heterocycles. The van der Waals surface area contributed by atoms with Gasteiger partial charge in [0.05, 0.1) is 5.56 Å². The van der Waals surface area contributed by atoms with Crippen molar-refractivity contribution in [2.45, 2.75) is 39.2 Å². The Morgan fingerprint density at radius 3 is 2.81 bits per heavy atom. The van der Waals surface area contributed by atoms with Crippen molar-refractivity contribution in [1.29, 1.82) is 0 Å². The van der Waals surface area contributed by atoms with Crippen LogP contribution in [-0.4, -0.2) is 69.2 Å². The van der Waals surface area contributed by atoms with Gasteiger partial charge in [0, 0.05) is 44.6 Å². The molecule has 32 heavy (non-hydrogen) atoms. The molecule has 10 nitrogen and oxygen atoms in total. The van der Waals surface area contributed by atoms with Gasteiger partial charge in [0.2, 0.25) is 10.9 Å². The number of nitrogens with one attached hydrogen (secondary N) is 2. The van der Waals surface area contributed by atoms with E-state index in [0.29, 0.717) is 42.7 Å². The lowest BCUT2D eigenvalue weighted by atomic mass is 9.78. The summed E-state index contributed by atoms with van der Waals surface area (Å²) in [6, 6.07) is -0.155. The van der Waals surface area contributed by atoms with Gasteiger partial charge < -0.3 is 19.9 Å². The zero-order valence-electron chi connectivity index (χ0n) is 18.1. The third-order valence-corrected chi connectivity index (χ3v) is 6.87. The highest BCUT2D eigenvalue weighted by atomic mass is 32.1. The van der Waals surface area contributed by atoms with Crippen LogP contribution in [0.1, 0.15) is 45.5 Å². The molecule has 0 aromatic carbocycles. The molecule has 1 spiro atoms. The van der Waals surface area contributed by atoms with Gasteiger partial charge in [-0.15, -0.1) is 10.2 Å². The Labute approximate surface area is 189 Å². The number of rotatable bonds is 5. The molecule has 0 aliphatic carbocycles. The molecule has 0 bridgehead atoms. The van der Waals surface area contributed by atoms with E-state index in [2.05, 4.69) is 25.5 Å². The first-order valence-corrected chi connectivity index (χ1v) is 11.4. The zero-order valence-corrected chi connectivity index (χ0v) is 18.9. The molecule has 170 valence electrons. The van der Waals surface area contributed by atoms with E-state index >= 15 is 0 Å². The first-order chi connectivity index (χ1) is 15.3. The number of hydrogen-bond acceptors (Lipinski definition) is 8. The van der Waals surface area contributed by atoms with E-state index in [-0.39, 0.29) is 28.8 Å². The summed E-state index contributed by atoms with van der Waals surface area (Å²) in [6.07, 6.45) is 6.89. The molecule has 2 amide bonds. The molecule has 1 unspecified atom stereocenters. The Morgan fingerprint density at radius 2 is 2.12 bits per heavy atom. The maximum absolute atomic E-state index is 13.1. The predicted octanol–water partition coefficient (Wildman–Crippen LogP) is 1.08. The Bertz CT molecular complexity index is 1090. The number of amides is 2. The summed E-state index contributed by atoms with van der Waals surface area (Å²) in [5.74, 6) is 0.0315. The maximum Gasteiger partial charge on any atom is 0.282 e. The lowest BCUT2D eigenvalue weighted by Gasteiger charge is -2.32. The predicted molar refractivity (Wildman–Crippen MR) is 118 cm³/mol. The number of likely N-dealkylation sites (tertiary alicyclic amines) is 1. The Morgan fingerprint density at radius 1 is 1.34 bits per heavy atom. The summed E-state index contributed by atoms with van der Waals surface area (Å²) in [6.45, 7) is 5.75.